The number of halogens is 1. The molecule has 0 aliphatic carbocycles. The summed E-state index contributed by atoms with van der Waals surface area (Å²) >= 11 is 7.05. The van der Waals surface area contributed by atoms with E-state index in [4.69, 9.17) is 17.3 Å². The third-order valence-corrected chi connectivity index (χ3v) is 4.03. The molecule has 1 aromatic heterocycles. The number of hydrogen-bond acceptors (Lipinski definition) is 3. The van der Waals surface area contributed by atoms with E-state index in [1.54, 1.807) is 18.2 Å². The Kier molecular flexibility index (Phi) is 3.59. The molecule has 0 spiro atoms. The van der Waals surface area contributed by atoms with Crippen LogP contribution in [0.4, 0.5) is 11.4 Å². The summed E-state index contributed by atoms with van der Waals surface area (Å²) in [4.78, 5) is 12.6. The summed E-state index contributed by atoms with van der Waals surface area (Å²) in [6.45, 7) is 3.91. The maximum Gasteiger partial charge on any atom is 0.265 e. The Morgan fingerprint density at radius 3 is 2.61 bits per heavy atom. The van der Waals surface area contributed by atoms with Crippen LogP contribution in [0.3, 0.4) is 0 Å². The molecule has 0 bridgehead atoms. The summed E-state index contributed by atoms with van der Waals surface area (Å²) in [6, 6.07) is 7.12. The molecule has 5 heteroatoms. The van der Waals surface area contributed by atoms with Gasteiger partial charge in [0.05, 0.1) is 20.6 Å². The predicted molar refractivity (Wildman–Crippen MR) is 77.6 cm³/mol. The van der Waals surface area contributed by atoms with Gasteiger partial charge in [0.15, 0.2) is 0 Å². The van der Waals surface area contributed by atoms with Crippen molar-refractivity contribution >= 4 is 40.2 Å². The monoisotopic (exact) mass is 280 g/mol. The van der Waals surface area contributed by atoms with Crippen molar-refractivity contribution in [1.82, 2.24) is 0 Å². The number of carbonyl (C=O) groups is 1. The van der Waals surface area contributed by atoms with E-state index < -0.39 is 0 Å². The van der Waals surface area contributed by atoms with Crippen LogP contribution < -0.4 is 11.1 Å². The smallest absolute Gasteiger partial charge is 0.265 e. The minimum Gasteiger partial charge on any atom is -0.397 e. The number of benzene rings is 1. The fourth-order valence-corrected chi connectivity index (χ4v) is 2.55. The number of nitrogens with one attached hydrogen (secondary N) is 1. The first-order valence-corrected chi connectivity index (χ1v) is 6.61. The molecule has 18 heavy (non-hydrogen) atoms. The largest absolute Gasteiger partial charge is 0.397 e. The molecule has 0 saturated heterocycles. The summed E-state index contributed by atoms with van der Waals surface area (Å²) in [6.07, 6.45) is 0. The lowest BCUT2D eigenvalue weighted by Gasteiger charge is -2.12. The molecule has 0 aliphatic heterocycles. The maximum atomic E-state index is 12.0. The van der Waals surface area contributed by atoms with Crippen molar-refractivity contribution in [3.8, 4) is 0 Å². The van der Waals surface area contributed by atoms with Gasteiger partial charge < -0.3 is 11.1 Å². The molecule has 1 heterocycles. The van der Waals surface area contributed by atoms with Crippen molar-refractivity contribution < 1.29 is 4.79 Å². The van der Waals surface area contributed by atoms with Crippen LogP contribution in [0.25, 0.3) is 0 Å². The summed E-state index contributed by atoms with van der Waals surface area (Å²) in [5.41, 5.74) is 9.18. The van der Waals surface area contributed by atoms with Crippen molar-refractivity contribution in [3.63, 3.8) is 0 Å². The number of amides is 1. The number of hydrogen-bond donors (Lipinski definition) is 2. The highest BCUT2D eigenvalue weighted by molar-refractivity contribution is 7.18. The van der Waals surface area contributed by atoms with Crippen molar-refractivity contribution in [2.24, 2.45) is 0 Å². The second-order valence-electron chi connectivity index (χ2n) is 4.03. The van der Waals surface area contributed by atoms with E-state index in [1.807, 2.05) is 19.9 Å². The maximum absolute atomic E-state index is 12.0. The molecule has 0 atom stereocenters. The zero-order valence-electron chi connectivity index (χ0n) is 10.1. The van der Waals surface area contributed by atoms with Crippen LogP contribution in [0.2, 0.25) is 4.34 Å². The van der Waals surface area contributed by atoms with Crippen molar-refractivity contribution in [2.45, 2.75) is 13.8 Å². The summed E-state index contributed by atoms with van der Waals surface area (Å²) in [7, 11) is 0. The zero-order valence-corrected chi connectivity index (χ0v) is 11.7. The normalized spacial score (nSPS) is 10.4. The first-order valence-electron chi connectivity index (χ1n) is 5.41. The van der Waals surface area contributed by atoms with Gasteiger partial charge in [-0.1, -0.05) is 17.7 Å². The molecule has 94 valence electrons. The van der Waals surface area contributed by atoms with Crippen LogP contribution in [-0.2, 0) is 0 Å². The van der Waals surface area contributed by atoms with Crippen LogP contribution in [0.15, 0.2) is 24.3 Å². The number of aryl methyl sites for hydroxylation is 1. The van der Waals surface area contributed by atoms with Gasteiger partial charge in [-0.15, -0.1) is 11.3 Å². The van der Waals surface area contributed by atoms with E-state index in [9.17, 15) is 4.79 Å². The van der Waals surface area contributed by atoms with Crippen molar-refractivity contribution in [3.05, 3.63) is 44.6 Å². The van der Waals surface area contributed by atoms with Crippen molar-refractivity contribution in [1.29, 1.82) is 0 Å². The summed E-state index contributed by atoms with van der Waals surface area (Å²) < 4.78 is 0.592. The van der Waals surface area contributed by atoms with Gasteiger partial charge in [-0.25, -0.2) is 0 Å². The van der Waals surface area contributed by atoms with Crippen LogP contribution in [0, 0.1) is 13.8 Å². The van der Waals surface area contributed by atoms with Crippen LogP contribution in [-0.4, -0.2) is 5.91 Å². The molecule has 2 aromatic rings. The Bertz CT molecular complexity index is 607. The average molecular weight is 281 g/mol. The van der Waals surface area contributed by atoms with Gasteiger partial charge in [-0.2, -0.15) is 0 Å². The fourth-order valence-electron chi connectivity index (χ4n) is 1.61. The van der Waals surface area contributed by atoms with Gasteiger partial charge in [0.25, 0.3) is 5.91 Å². The lowest BCUT2D eigenvalue weighted by Crippen LogP contribution is -2.13. The van der Waals surface area contributed by atoms with Gasteiger partial charge in [0, 0.05) is 0 Å². The third-order valence-electron chi connectivity index (χ3n) is 2.80. The number of rotatable bonds is 2. The van der Waals surface area contributed by atoms with E-state index in [0.29, 0.717) is 20.6 Å². The highest BCUT2D eigenvalue weighted by atomic mass is 35.5. The molecule has 1 aromatic carbocycles. The number of nitrogens with two attached hydrogens (primary N) is 1. The Balaban J connectivity index is 2.30. The second kappa shape index (κ2) is 5.00. The average Bonchev–Trinajstić information content (AvgIpc) is 2.76. The quantitative estimate of drug-likeness (QED) is 0.821. The molecule has 3 nitrogen and oxygen atoms in total. The highest BCUT2D eigenvalue weighted by Crippen LogP contribution is 2.28. The molecule has 0 radical (unpaired) electrons. The molecule has 1 amide bonds. The third kappa shape index (κ3) is 2.49. The lowest BCUT2D eigenvalue weighted by molar-refractivity contribution is 0.103. The van der Waals surface area contributed by atoms with Crippen molar-refractivity contribution in [2.75, 3.05) is 11.1 Å². The van der Waals surface area contributed by atoms with Gasteiger partial charge in [0.1, 0.15) is 0 Å². The first-order chi connectivity index (χ1) is 8.49. The Morgan fingerprint density at radius 2 is 2.00 bits per heavy atom. The molecule has 0 saturated carbocycles. The first kappa shape index (κ1) is 12.9. The molecule has 0 aliphatic rings. The predicted octanol–water partition coefficient (Wildman–Crippen LogP) is 3.85. The molecule has 2 rings (SSSR count). The zero-order chi connectivity index (χ0) is 13.3. The summed E-state index contributed by atoms with van der Waals surface area (Å²) in [5, 5.41) is 2.84. The van der Waals surface area contributed by atoms with E-state index in [2.05, 4.69) is 5.32 Å². The fraction of sp³-hybridized carbons (Fsp3) is 0.154. The highest BCUT2D eigenvalue weighted by Gasteiger charge is 2.13. The van der Waals surface area contributed by atoms with Gasteiger partial charge in [0.2, 0.25) is 0 Å². The van der Waals surface area contributed by atoms with Gasteiger partial charge in [-0.05, 0) is 43.2 Å². The number of anilines is 2. The number of thiophene rings is 1. The summed E-state index contributed by atoms with van der Waals surface area (Å²) in [5.74, 6) is -0.188. The van der Waals surface area contributed by atoms with E-state index in [1.165, 1.54) is 11.3 Å². The van der Waals surface area contributed by atoms with Gasteiger partial charge >= 0.3 is 0 Å². The topological polar surface area (TPSA) is 55.1 Å². The second-order valence-corrected chi connectivity index (χ2v) is 5.74. The number of nitrogen functional groups attached to an aromatic ring is 1. The van der Waals surface area contributed by atoms with E-state index in [0.717, 1.165) is 11.1 Å². The molecular formula is C13H13ClN2OS. The minimum absolute atomic E-state index is 0.188. The molecule has 3 N–H and O–H groups in total. The molecule has 0 unspecified atom stereocenters. The molecule has 0 fully saturated rings. The Labute approximate surface area is 115 Å². The SMILES string of the molecule is Cc1ccc(N)c(NC(=O)c2ccc(Cl)s2)c1C. The van der Waals surface area contributed by atoms with Crippen LogP contribution in [0.5, 0.6) is 0 Å². The van der Waals surface area contributed by atoms with Crippen LogP contribution >= 0.6 is 22.9 Å². The van der Waals surface area contributed by atoms with Crippen LogP contribution in [0.1, 0.15) is 20.8 Å². The van der Waals surface area contributed by atoms with Gasteiger partial charge in [-0.3, -0.25) is 4.79 Å². The Morgan fingerprint density at radius 1 is 1.28 bits per heavy atom. The lowest BCUT2D eigenvalue weighted by atomic mass is 10.1. The number of carbonyl (C=O) groups excluding carboxylic acids is 1. The van der Waals surface area contributed by atoms with E-state index >= 15 is 0 Å². The molecular weight excluding hydrogens is 268 g/mol. The standard InChI is InChI=1S/C13H13ClN2OS/c1-7-3-4-9(15)12(8(7)2)16-13(17)10-5-6-11(14)18-10/h3-6H,15H2,1-2H3,(H,16,17). The minimum atomic E-state index is -0.188. The van der Waals surface area contributed by atoms with E-state index in [-0.39, 0.29) is 5.91 Å². The Hall–Kier alpha value is -1.52.